The Hall–Kier alpha value is -3.02. The highest BCUT2D eigenvalue weighted by atomic mass is 16.5. The van der Waals surface area contributed by atoms with Crippen LogP contribution in [-0.4, -0.2) is 34.0 Å². The van der Waals surface area contributed by atoms with Gasteiger partial charge in [0.2, 0.25) is 0 Å². The molecular formula is C20H22N4O2. The highest BCUT2D eigenvalue weighted by Crippen LogP contribution is 2.33. The molecule has 0 radical (unpaired) electrons. The zero-order chi connectivity index (χ0) is 18.1. The minimum Gasteiger partial charge on any atom is -0.497 e. The molecule has 1 aromatic carbocycles. The molecule has 1 atom stereocenters. The van der Waals surface area contributed by atoms with Crippen LogP contribution in [0.3, 0.4) is 0 Å². The van der Waals surface area contributed by atoms with Gasteiger partial charge in [-0.05, 0) is 49.1 Å². The van der Waals surface area contributed by atoms with E-state index in [1.54, 1.807) is 7.11 Å². The smallest absolute Gasteiger partial charge is 0.323 e. The van der Waals surface area contributed by atoms with Crippen LogP contribution in [-0.2, 0) is 0 Å². The van der Waals surface area contributed by atoms with Crippen molar-refractivity contribution in [1.82, 2.24) is 14.3 Å². The lowest BCUT2D eigenvalue weighted by atomic mass is 10.0. The van der Waals surface area contributed by atoms with Gasteiger partial charge in [-0.25, -0.2) is 9.78 Å². The highest BCUT2D eigenvalue weighted by Gasteiger charge is 2.30. The third-order valence-electron chi connectivity index (χ3n) is 4.83. The molecule has 1 aliphatic rings. The third-order valence-corrected chi connectivity index (χ3v) is 4.83. The van der Waals surface area contributed by atoms with E-state index in [1.165, 1.54) is 0 Å². The van der Waals surface area contributed by atoms with Crippen molar-refractivity contribution < 1.29 is 9.53 Å². The van der Waals surface area contributed by atoms with E-state index < -0.39 is 0 Å². The highest BCUT2D eigenvalue weighted by molar-refractivity contribution is 5.89. The Bertz CT molecular complexity index is 950. The maximum atomic E-state index is 12.8. The zero-order valence-electron chi connectivity index (χ0n) is 15.0. The summed E-state index contributed by atoms with van der Waals surface area (Å²) in [6.45, 7) is 2.76. The number of amides is 2. The summed E-state index contributed by atoms with van der Waals surface area (Å²) in [5, 5.41) is 2.94. The molecule has 3 heterocycles. The number of methoxy groups -OCH3 is 1. The van der Waals surface area contributed by atoms with Gasteiger partial charge in [0.15, 0.2) is 5.82 Å². The number of nitrogens with one attached hydrogen (secondary N) is 1. The quantitative estimate of drug-likeness (QED) is 0.776. The Labute approximate surface area is 152 Å². The monoisotopic (exact) mass is 350 g/mol. The molecule has 1 N–H and O–H groups in total. The van der Waals surface area contributed by atoms with Crippen molar-refractivity contribution in [2.45, 2.75) is 25.8 Å². The lowest BCUT2D eigenvalue weighted by Gasteiger charge is -2.25. The summed E-state index contributed by atoms with van der Waals surface area (Å²) in [5.74, 6) is 1.38. The number of likely N-dealkylation sites (tertiary alicyclic amines) is 1. The van der Waals surface area contributed by atoms with Crippen molar-refractivity contribution in [2.75, 3.05) is 19.0 Å². The number of aryl methyl sites for hydroxylation is 1. The van der Waals surface area contributed by atoms with Crippen LogP contribution in [0.4, 0.5) is 10.6 Å². The third kappa shape index (κ3) is 3.10. The second-order valence-corrected chi connectivity index (χ2v) is 6.66. The number of hydrogen-bond acceptors (Lipinski definition) is 3. The minimum absolute atomic E-state index is 0.0596. The van der Waals surface area contributed by atoms with Crippen molar-refractivity contribution in [1.29, 1.82) is 0 Å². The summed E-state index contributed by atoms with van der Waals surface area (Å²) in [4.78, 5) is 19.2. The van der Waals surface area contributed by atoms with Crippen molar-refractivity contribution in [3.63, 3.8) is 0 Å². The van der Waals surface area contributed by atoms with Crippen LogP contribution in [0.1, 0.15) is 30.0 Å². The normalized spacial score (nSPS) is 16.8. The topological polar surface area (TPSA) is 58.9 Å². The molecule has 1 saturated heterocycles. The van der Waals surface area contributed by atoms with Crippen LogP contribution in [0.5, 0.6) is 5.75 Å². The number of urea groups is 1. The van der Waals surface area contributed by atoms with Crippen molar-refractivity contribution in [3.05, 3.63) is 59.9 Å². The number of anilines is 1. The number of nitrogens with zero attached hydrogens (tertiary/aromatic N) is 3. The van der Waals surface area contributed by atoms with E-state index in [2.05, 4.69) is 10.3 Å². The zero-order valence-corrected chi connectivity index (χ0v) is 15.0. The maximum absolute atomic E-state index is 12.8. The number of aromatic nitrogens is 2. The molecule has 2 aromatic heterocycles. The number of benzene rings is 1. The number of pyridine rings is 1. The fourth-order valence-electron chi connectivity index (χ4n) is 3.55. The molecule has 1 unspecified atom stereocenters. The van der Waals surface area contributed by atoms with Crippen molar-refractivity contribution >= 4 is 17.5 Å². The Balaban J connectivity index is 1.54. The van der Waals surface area contributed by atoms with Gasteiger partial charge in [-0.1, -0.05) is 18.2 Å². The standard InChI is InChI=1S/C20H22N4O2/c1-14-8-9-19-21-18(13-23(19)12-14)22-20(25)24-10-4-7-17(24)15-5-3-6-16(11-15)26-2/h3,5-6,8-9,11-13,17H,4,7,10H2,1-2H3,(H,22,25). The van der Waals surface area contributed by atoms with Crippen LogP contribution in [0.15, 0.2) is 48.8 Å². The summed E-state index contributed by atoms with van der Waals surface area (Å²) in [7, 11) is 1.66. The molecule has 26 heavy (non-hydrogen) atoms. The van der Waals surface area contributed by atoms with Gasteiger partial charge >= 0.3 is 6.03 Å². The van der Waals surface area contributed by atoms with E-state index in [4.69, 9.17) is 4.74 Å². The molecule has 1 aliphatic heterocycles. The van der Waals surface area contributed by atoms with Crippen LogP contribution < -0.4 is 10.1 Å². The predicted molar refractivity (Wildman–Crippen MR) is 101 cm³/mol. The lowest BCUT2D eigenvalue weighted by molar-refractivity contribution is 0.207. The minimum atomic E-state index is -0.115. The number of carbonyl (C=O) groups excluding carboxylic acids is 1. The number of rotatable bonds is 3. The average Bonchev–Trinajstić information content (AvgIpc) is 3.27. The second-order valence-electron chi connectivity index (χ2n) is 6.66. The SMILES string of the molecule is COc1cccc(C2CCCN2C(=O)Nc2cn3cc(C)ccc3n2)c1. The largest absolute Gasteiger partial charge is 0.497 e. The van der Waals surface area contributed by atoms with E-state index in [-0.39, 0.29) is 12.1 Å². The summed E-state index contributed by atoms with van der Waals surface area (Å²) in [5.41, 5.74) is 3.06. The molecular weight excluding hydrogens is 328 g/mol. The first-order valence-corrected chi connectivity index (χ1v) is 8.81. The molecule has 134 valence electrons. The van der Waals surface area contributed by atoms with Gasteiger partial charge in [0.05, 0.1) is 19.3 Å². The molecule has 0 bridgehead atoms. The molecule has 3 aromatic rings. The summed E-state index contributed by atoms with van der Waals surface area (Å²) in [6.07, 6.45) is 5.77. The molecule has 1 fully saturated rings. The predicted octanol–water partition coefficient (Wildman–Crippen LogP) is 4.02. The number of ether oxygens (including phenoxy) is 1. The van der Waals surface area contributed by atoms with Gasteiger partial charge in [-0.3, -0.25) is 5.32 Å². The molecule has 0 spiro atoms. The Morgan fingerprint density at radius 2 is 2.15 bits per heavy atom. The van der Waals surface area contributed by atoms with Gasteiger partial charge in [-0.15, -0.1) is 0 Å². The lowest BCUT2D eigenvalue weighted by Crippen LogP contribution is -2.34. The van der Waals surface area contributed by atoms with Crippen molar-refractivity contribution in [3.8, 4) is 5.75 Å². The summed E-state index contributed by atoms with van der Waals surface area (Å²) >= 11 is 0. The van der Waals surface area contributed by atoms with Gasteiger partial charge in [0, 0.05) is 12.7 Å². The van der Waals surface area contributed by atoms with E-state index >= 15 is 0 Å². The average molecular weight is 350 g/mol. The number of hydrogen-bond donors (Lipinski definition) is 1. The first-order valence-electron chi connectivity index (χ1n) is 8.81. The second kappa shape index (κ2) is 6.71. The van der Waals surface area contributed by atoms with Crippen LogP contribution in [0.2, 0.25) is 0 Å². The Morgan fingerprint density at radius 3 is 3.00 bits per heavy atom. The van der Waals surface area contributed by atoms with Crippen LogP contribution >= 0.6 is 0 Å². The molecule has 6 heteroatoms. The Kier molecular flexibility index (Phi) is 4.24. The fraction of sp³-hybridized carbons (Fsp3) is 0.300. The summed E-state index contributed by atoms with van der Waals surface area (Å²) in [6, 6.07) is 11.8. The van der Waals surface area contributed by atoms with Gasteiger partial charge in [0.1, 0.15) is 11.4 Å². The van der Waals surface area contributed by atoms with Crippen LogP contribution in [0.25, 0.3) is 5.65 Å². The molecule has 2 amide bonds. The van der Waals surface area contributed by atoms with Gasteiger partial charge < -0.3 is 14.0 Å². The van der Waals surface area contributed by atoms with E-state index in [1.807, 2.05) is 65.0 Å². The molecule has 6 nitrogen and oxygen atoms in total. The molecule has 0 aliphatic carbocycles. The van der Waals surface area contributed by atoms with Gasteiger partial charge in [-0.2, -0.15) is 0 Å². The number of imidazole rings is 1. The first-order chi connectivity index (χ1) is 12.6. The number of carbonyl (C=O) groups is 1. The molecule has 4 rings (SSSR count). The van der Waals surface area contributed by atoms with Crippen molar-refractivity contribution in [2.24, 2.45) is 0 Å². The van der Waals surface area contributed by atoms with Crippen LogP contribution in [0, 0.1) is 6.92 Å². The summed E-state index contributed by atoms with van der Waals surface area (Å²) < 4.78 is 7.24. The Morgan fingerprint density at radius 1 is 1.27 bits per heavy atom. The van der Waals surface area contributed by atoms with E-state index in [0.29, 0.717) is 5.82 Å². The maximum Gasteiger partial charge on any atom is 0.323 e. The first kappa shape index (κ1) is 16.4. The van der Waals surface area contributed by atoms with E-state index in [0.717, 1.165) is 41.9 Å². The van der Waals surface area contributed by atoms with E-state index in [9.17, 15) is 4.79 Å². The fourth-order valence-corrected chi connectivity index (χ4v) is 3.55. The molecule has 0 saturated carbocycles. The number of fused-ring (bicyclic) bond motifs is 1. The van der Waals surface area contributed by atoms with Gasteiger partial charge in [0.25, 0.3) is 0 Å².